The SMILES string of the molecule is Cc1ccnc(NC(=S)NCC(C)C)c1. The Morgan fingerprint density at radius 1 is 1.53 bits per heavy atom. The Balaban J connectivity index is 2.44. The van der Waals surface area contributed by atoms with Gasteiger partial charge in [-0.15, -0.1) is 0 Å². The van der Waals surface area contributed by atoms with E-state index in [9.17, 15) is 0 Å². The molecule has 0 saturated heterocycles. The number of hydrogen-bond donors (Lipinski definition) is 2. The Labute approximate surface area is 96.3 Å². The van der Waals surface area contributed by atoms with E-state index < -0.39 is 0 Å². The van der Waals surface area contributed by atoms with Gasteiger partial charge in [0.1, 0.15) is 5.82 Å². The molecule has 1 heterocycles. The highest BCUT2D eigenvalue weighted by Crippen LogP contribution is 2.04. The van der Waals surface area contributed by atoms with Gasteiger partial charge in [-0.25, -0.2) is 4.98 Å². The summed E-state index contributed by atoms with van der Waals surface area (Å²) >= 11 is 5.14. The fourth-order valence-corrected chi connectivity index (χ4v) is 1.25. The summed E-state index contributed by atoms with van der Waals surface area (Å²) in [7, 11) is 0. The average Bonchev–Trinajstić information content (AvgIpc) is 2.15. The number of rotatable bonds is 3. The number of aromatic nitrogens is 1. The van der Waals surface area contributed by atoms with E-state index in [1.165, 1.54) is 5.56 Å². The highest BCUT2D eigenvalue weighted by atomic mass is 32.1. The second kappa shape index (κ2) is 5.66. The molecule has 1 aromatic heterocycles. The summed E-state index contributed by atoms with van der Waals surface area (Å²) in [5, 5.41) is 6.80. The van der Waals surface area contributed by atoms with Crippen LogP contribution in [0.25, 0.3) is 0 Å². The van der Waals surface area contributed by atoms with Crippen molar-refractivity contribution in [2.45, 2.75) is 20.8 Å². The largest absolute Gasteiger partial charge is 0.362 e. The van der Waals surface area contributed by atoms with E-state index in [0.29, 0.717) is 11.0 Å². The molecule has 2 N–H and O–H groups in total. The van der Waals surface area contributed by atoms with Crippen LogP contribution in [0.1, 0.15) is 19.4 Å². The first kappa shape index (κ1) is 11.9. The maximum absolute atomic E-state index is 5.14. The minimum absolute atomic E-state index is 0.579. The zero-order chi connectivity index (χ0) is 11.3. The molecule has 0 unspecified atom stereocenters. The predicted molar refractivity (Wildman–Crippen MR) is 68.0 cm³/mol. The van der Waals surface area contributed by atoms with Crippen LogP contribution in [0.4, 0.5) is 5.82 Å². The van der Waals surface area contributed by atoms with E-state index >= 15 is 0 Å². The highest BCUT2D eigenvalue weighted by Gasteiger charge is 1.99. The molecular formula is C11H17N3S. The Morgan fingerprint density at radius 2 is 2.27 bits per heavy atom. The smallest absolute Gasteiger partial charge is 0.171 e. The fourth-order valence-electron chi connectivity index (χ4n) is 1.06. The van der Waals surface area contributed by atoms with Gasteiger partial charge in [0.05, 0.1) is 0 Å². The molecule has 0 saturated carbocycles. The quantitative estimate of drug-likeness (QED) is 0.771. The van der Waals surface area contributed by atoms with Gasteiger partial charge in [0.25, 0.3) is 0 Å². The molecule has 0 aliphatic carbocycles. The number of pyridine rings is 1. The molecule has 0 spiro atoms. The summed E-state index contributed by atoms with van der Waals surface area (Å²) in [6, 6.07) is 3.92. The van der Waals surface area contributed by atoms with Gasteiger partial charge < -0.3 is 10.6 Å². The van der Waals surface area contributed by atoms with Crippen LogP contribution in [-0.2, 0) is 0 Å². The van der Waals surface area contributed by atoms with Crippen molar-refractivity contribution in [2.24, 2.45) is 5.92 Å². The molecule has 3 nitrogen and oxygen atoms in total. The van der Waals surface area contributed by atoms with Crippen molar-refractivity contribution in [1.82, 2.24) is 10.3 Å². The van der Waals surface area contributed by atoms with Crippen molar-refractivity contribution in [3.8, 4) is 0 Å². The molecule has 1 rings (SSSR count). The van der Waals surface area contributed by atoms with Crippen LogP contribution in [0.3, 0.4) is 0 Å². The first-order chi connectivity index (χ1) is 7.08. The molecule has 82 valence electrons. The van der Waals surface area contributed by atoms with Crippen LogP contribution in [0.15, 0.2) is 18.3 Å². The van der Waals surface area contributed by atoms with Crippen molar-refractivity contribution >= 4 is 23.1 Å². The van der Waals surface area contributed by atoms with Crippen molar-refractivity contribution < 1.29 is 0 Å². The minimum atomic E-state index is 0.579. The first-order valence-corrected chi connectivity index (χ1v) is 5.46. The molecular weight excluding hydrogens is 206 g/mol. The average molecular weight is 223 g/mol. The summed E-state index contributed by atoms with van der Waals surface area (Å²) in [4.78, 5) is 4.17. The third kappa shape index (κ3) is 4.74. The topological polar surface area (TPSA) is 37.0 Å². The third-order valence-corrected chi connectivity index (χ3v) is 2.07. The van der Waals surface area contributed by atoms with E-state index in [1.807, 2.05) is 19.1 Å². The van der Waals surface area contributed by atoms with Crippen LogP contribution in [0.2, 0.25) is 0 Å². The molecule has 0 amide bonds. The number of nitrogens with zero attached hydrogens (tertiary/aromatic N) is 1. The fraction of sp³-hybridized carbons (Fsp3) is 0.455. The molecule has 0 fully saturated rings. The normalized spacial score (nSPS) is 10.1. The second-order valence-corrected chi connectivity index (χ2v) is 4.36. The van der Waals surface area contributed by atoms with Crippen LogP contribution < -0.4 is 10.6 Å². The molecule has 0 aliphatic rings. The summed E-state index contributed by atoms with van der Waals surface area (Å²) in [6.45, 7) is 7.18. The summed E-state index contributed by atoms with van der Waals surface area (Å²) < 4.78 is 0. The van der Waals surface area contributed by atoms with Gasteiger partial charge in [-0.3, -0.25) is 0 Å². The second-order valence-electron chi connectivity index (χ2n) is 3.95. The summed E-state index contributed by atoms with van der Waals surface area (Å²) in [6.07, 6.45) is 1.77. The number of nitrogens with one attached hydrogen (secondary N) is 2. The van der Waals surface area contributed by atoms with Crippen LogP contribution in [0.5, 0.6) is 0 Å². The lowest BCUT2D eigenvalue weighted by Gasteiger charge is -2.11. The van der Waals surface area contributed by atoms with Gasteiger partial charge in [0.2, 0.25) is 0 Å². The zero-order valence-corrected chi connectivity index (χ0v) is 10.2. The first-order valence-electron chi connectivity index (χ1n) is 5.05. The lowest BCUT2D eigenvalue weighted by atomic mass is 10.2. The number of aryl methyl sites for hydroxylation is 1. The summed E-state index contributed by atoms with van der Waals surface area (Å²) in [5.74, 6) is 1.37. The van der Waals surface area contributed by atoms with Crippen LogP contribution in [-0.4, -0.2) is 16.6 Å². The highest BCUT2D eigenvalue weighted by molar-refractivity contribution is 7.80. The van der Waals surface area contributed by atoms with Crippen molar-refractivity contribution in [1.29, 1.82) is 0 Å². The number of hydrogen-bond acceptors (Lipinski definition) is 2. The molecule has 1 aromatic rings. The maximum atomic E-state index is 5.14. The van der Waals surface area contributed by atoms with Crippen molar-refractivity contribution in [3.63, 3.8) is 0 Å². The molecule has 0 aromatic carbocycles. The van der Waals surface area contributed by atoms with Gasteiger partial charge in [0, 0.05) is 12.7 Å². The predicted octanol–water partition coefficient (Wildman–Crippen LogP) is 2.33. The van der Waals surface area contributed by atoms with Crippen molar-refractivity contribution in [3.05, 3.63) is 23.9 Å². The summed E-state index contributed by atoms with van der Waals surface area (Å²) in [5.41, 5.74) is 1.17. The van der Waals surface area contributed by atoms with Gasteiger partial charge in [-0.2, -0.15) is 0 Å². The lowest BCUT2D eigenvalue weighted by Crippen LogP contribution is -2.31. The lowest BCUT2D eigenvalue weighted by molar-refractivity contribution is 0.627. The Morgan fingerprint density at radius 3 is 2.87 bits per heavy atom. The standard InChI is InChI=1S/C11H17N3S/c1-8(2)7-13-11(15)14-10-6-9(3)4-5-12-10/h4-6,8H,7H2,1-3H3,(H2,12,13,14,15). The van der Waals surface area contributed by atoms with Gasteiger partial charge in [-0.05, 0) is 42.8 Å². The van der Waals surface area contributed by atoms with Gasteiger partial charge >= 0.3 is 0 Å². The molecule has 0 radical (unpaired) electrons. The number of thiocarbonyl (C=S) groups is 1. The maximum Gasteiger partial charge on any atom is 0.171 e. The minimum Gasteiger partial charge on any atom is -0.362 e. The number of anilines is 1. The molecule has 0 bridgehead atoms. The van der Waals surface area contributed by atoms with E-state index in [2.05, 4.69) is 29.5 Å². The third-order valence-electron chi connectivity index (χ3n) is 1.83. The van der Waals surface area contributed by atoms with Gasteiger partial charge in [-0.1, -0.05) is 13.8 Å². The Kier molecular flexibility index (Phi) is 4.49. The molecule has 4 heteroatoms. The monoisotopic (exact) mass is 223 g/mol. The Hall–Kier alpha value is -1.16. The van der Waals surface area contributed by atoms with Crippen molar-refractivity contribution in [2.75, 3.05) is 11.9 Å². The van der Waals surface area contributed by atoms with E-state index in [0.717, 1.165) is 12.4 Å². The van der Waals surface area contributed by atoms with Crippen LogP contribution in [0, 0.1) is 12.8 Å². The van der Waals surface area contributed by atoms with Crippen LogP contribution >= 0.6 is 12.2 Å². The Bertz CT molecular complexity index is 336. The molecule has 15 heavy (non-hydrogen) atoms. The van der Waals surface area contributed by atoms with Gasteiger partial charge in [0.15, 0.2) is 5.11 Å². The zero-order valence-electron chi connectivity index (χ0n) is 9.37. The van der Waals surface area contributed by atoms with E-state index in [-0.39, 0.29) is 0 Å². The van der Waals surface area contributed by atoms with E-state index in [1.54, 1.807) is 6.20 Å². The van der Waals surface area contributed by atoms with E-state index in [4.69, 9.17) is 12.2 Å². The molecule has 0 atom stereocenters. The molecule has 0 aliphatic heterocycles.